The van der Waals surface area contributed by atoms with Gasteiger partial charge in [0.2, 0.25) is 6.79 Å². The first-order valence-electron chi connectivity index (χ1n) is 6.18. The maximum Gasteiger partial charge on any atom is 0.356 e. The second-order valence-corrected chi connectivity index (χ2v) is 4.53. The number of carboxylic acids is 1. The minimum absolute atomic E-state index is 0.0328. The van der Waals surface area contributed by atoms with Crippen LogP contribution in [-0.2, 0) is 0 Å². The number of imidazole rings is 1. The Balaban J connectivity index is 1.93. The fourth-order valence-electron chi connectivity index (χ4n) is 2.30. The quantitative estimate of drug-likeness (QED) is 0.772. The largest absolute Gasteiger partial charge is 0.476 e. The highest BCUT2D eigenvalue weighted by Gasteiger charge is 2.17. The van der Waals surface area contributed by atoms with E-state index < -0.39 is 5.97 Å². The fraction of sp³-hybridized carbons (Fsp3) is 0.0714. The number of pyridine rings is 1. The lowest BCUT2D eigenvalue weighted by molar-refractivity contribution is 0.0691. The average Bonchev–Trinajstić information content (AvgIpc) is 3.13. The van der Waals surface area contributed by atoms with Crippen molar-refractivity contribution >= 4 is 16.7 Å². The van der Waals surface area contributed by atoms with Crippen LogP contribution in [0.2, 0.25) is 0 Å². The number of fused-ring (bicyclic) bond motifs is 2. The van der Waals surface area contributed by atoms with Crippen LogP contribution in [0.15, 0.2) is 36.9 Å². The molecule has 3 aromatic rings. The Morgan fingerprint density at radius 1 is 1.24 bits per heavy atom. The zero-order valence-electron chi connectivity index (χ0n) is 10.7. The van der Waals surface area contributed by atoms with Crippen LogP contribution >= 0.6 is 0 Å². The average molecular weight is 283 g/mol. The summed E-state index contributed by atoms with van der Waals surface area (Å²) in [6.45, 7) is 0.197. The molecular weight excluding hydrogens is 274 g/mol. The molecule has 7 nitrogen and oxygen atoms in total. The van der Waals surface area contributed by atoms with Gasteiger partial charge in [0.05, 0.1) is 0 Å². The highest BCUT2D eigenvalue weighted by Crippen LogP contribution is 2.37. The number of hydrogen-bond acceptors (Lipinski definition) is 5. The summed E-state index contributed by atoms with van der Waals surface area (Å²) in [7, 11) is 0. The Morgan fingerprint density at radius 3 is 2.81 bits per heavy atom. The molecule has 0 saturated heterocycles. The van der Waals surface area contributed by atoms with Crippen molar-refractivity contribution in [3.05, 3.63) is 42.6 Å². The summed E-state index contributed by atoms with van der Waals surface area (Å²) in [5, 5.41) is 10.7. The van der Waals surface area contributed by atoms with Gasteiger partial charge in [0.1, 0.15) is 12.1 Å². The third-order valence-corrected chi connectivity index (χ3v) is 3.28. The van der Waals surface area contributed by atoms with Crippen molar-refractivity contribution in [1.82, 2.24) is 14.5 Å². The number of rotatable bonds is 2. The normalized spacial score (nSPS) is 12.8. The van der Waals surface area contributed by atoms with Crippen LogP contribution in [0.3, 0.4) is 0 Å². The van der Waals surface area contributed by atoms with E-state index in [1.807, 2.05) is 18.2 Å². The Bertz CT molecular complexity index is 872. The van der Waals surface area contributed by atoms with Gasteiger partial charge in [-0.05, 0) is 23.6 Å². The first-order valence-corrected chi connectivity index (χ1v) is 6.18. The van der Waals surface area contributed by atoms with Gasteiger partial charge in [0, 0.05) is 17.8 Å². The lowest BCUT2D eigenvalue weighted by Crippen LogP contribution is -1.97. The van der Waals surface area contributed by atoms with Crippen LogP contribution in [0.25, 0.3) is 16.6 Å². The van der Waals surface area contributed by atoms with E-state index in [4.69, 9.17) is 14.6 Å². The van der Waals surface area contributed by atoms with Gasteiger partial charge in [-0.15, -0.1) is 0 Å². The summed E-state index contributed by atoms with van der Waals surface area (Å²) < 4.78 is 12.3. The number of hydrogen-bond donors (Lipinski definition) is 1. The van der Waals surface area contributed by atoms with Gasteiger partial charge < -0.3 is 14.6 Å². The van der Waals surface area contributed by atoms with E-state index in [1.54, 1.807) is 10.8 Å². The predicted molar refractivity (Wildman–Crippen MR) is 71.9 cm³/mol. The number of ether oxygens (including phenoxy) is 2. The van der Waals surface area contributed by atoms with E-state index in [9.17, 15) is 4.79 Å². The molecule has 0 aliphatic carbocycles. The molecule has 1 aliphatic heterocycles. The van der Waals surface area contributed by atoms with E-state index in [0.717, 1.165) is 10.8 Å². The second kappa shape index (κ2) is 4.20. The van der Waals surface area contributed by atoms with Crippen molar-refractivity contribution in [2.75, 3.05) is 6.79 Å². The molecule has 104 valence electrons. The molecule has 0 amide bonds. The van der Waals surface area contributed by atoms with Crippen LogP contribution in [0.4, 0.5) is 0 Å². The standard InChI is InChI=1S/C14H9N3O4/c18-14(19)10-5-17(6-16-10)13-9-4-12-11(20-7-21-12)3-8(9)1-2-15-13/h1-6H,7H2,(H,18,19). The molecule has 0 bridgehead atoms. The molecular formula is C14H9N3O4. The molecule has 1 N–H and O–H groups in total. The van der Waals surface area contributed by atoms with Crippen molar-refractivity contribution in [1.29, 1.82) is 0 Å². The van der Waals surface area contributed by atoms with E-state index in [0.29, 0.717) is 17.3 Å². The molecule has 2 aromatic heterocycles. The Morgan fingerprint density at radius 2 is 2.05 bits per heavy atom. The Labute approximate surface area is 118 Å². The topological polar surface area (TPSA) is 86.5 Å². The Kier molecular flexibility index (Phi) is 2.34. The molecule has 7 heteroatoms. The lowest BCUT2D eigenvalue weighted by atomic mass is 10.1. The van der Waals surface area contributed by atoms with Crippen molar-refractivity contribution < 1.29 is 19.4 Å². The maximum absolute atomic E-state index is 10.9. The molecule has 0 spiro atoms. The third-order valence-electron chi connectivity index (χ3n) is 3.28. The molecule has 4 rings (SSSR count). The number of nitrogens with zero attached hydrogens (tertiary/aromatic N) is 3. The van der Waals surface area contributed by atoms with Gasteiger partial charge in [-0.1, -0.05) is 0 Å². The van der Waals surface area contributed by atoms with Gasteiger partial charge >= 0.3 is 5.97 Å². The van der Waals surface area contributed by atoms with Crippen LogP contribution in [0, 0.1) is 0 Å². The first kappa shape index (κ1) is 11.7. The number of carbonyl (C=O) groups is 1. The van der Waals surface area contributed by atoms with E-state index in [2.05, 4.69) is 9.97 Å². The highest BCUT2D eigenvalue weighted by molar-refractivity contribution is 5.92. The smallest absolute Gasteiger partial charge is 0.356 e. The van der Waals surface area contributed by atoms with E-state index >= 15 is 0 Å². The maximum atomic E-state index is 10.9. The number of benzene rings is 1. The third kappa shape index (κ3) is 1.78. The SMILES string of the molecule is O=C(O)c1cn(-c2nccc3cc4c(cc23)OCO4)cn1. The summed E-state index contributed by atoms with van der Waals surface area (Å²) >= 11 is 0. The number of aromatic carboxylic acids is 1. The van der Waals surface area contributed by atoms with Crippen LogP contribution in [-0.4, -0.2) is 32.4 Å². The summed E-state index contributed by atoms with van der Waals surface area (Å²) in [4.78, 5) is 19.1. The van der Waals surface area contributed by atoms with Crippen LogP contribution in [0.1, 0.15) is 10.5 Å². The molecule has 0 saturated carbocycles. The van der Waals surface area contributed by atoms with Crippen molar-refractivity contribution in [2.45, 2.75) is 0 Å². The molecule has 1 aromatic carbocycles. The Hall–Kier alpha value is -3.09. The van der Waals surface area contributed by atoms with Crippen LogP contribution in [0.5, 0.6) is 11.5 Å². The van der Waals surface area contributed by atoms with Gasteiger partial charge in [-0.2, -0.15) is 0 Å². The van der Waals surface area contributed by atoms with Gasteiger partial charge in [0.25, 0.3) is 0 Å². The molecule has 0 unspecified atom stereocenters. The minimum Gasteiger partial charge on any atom is -0.476 e. The zero-order valence-corrected chi connectivity index (χ0v) is 10.7. The molecule has 0 fully saturated rings. The summed E-state index contributed by atoms with van der Waals surface area (Å²) in [5.41, 5.74) is -0.0328. The monoisotopic (exact) mass is 283 g/mol. The van der Waals surface area contributed by atoms with Crippen molar-refractivity contribution in [3.8, 4) is 17.3 Å². The van der Waals surface area contributed by atoms with Crippen LogP contribution < -0.4 is 9.47 Å². The van der Waals surface area contributed by atoms with Gasteiger partial charge in [0.15, 0.2) is 17.2 Å². The fourth-order valence-corrected chi connectivity index (χ4v) is 2.30. The summed E-state index contributed by atoms with van der Waals surface area (Å²) in [6.07, 6.45) is 4.50. The highest BCUT2D eigenvalue weighted by atomic mass is 16.7. The predicted octanol–water partition coefficient (Wildman–Crippen LogP) is 1.85. The van der Waals surface area contributed by atoms with E-state index in [1.165, 1.54) is 12.5 Å². The summed E-state index contributed by atoms with van der Waals surface area (Å²) in [5.74, 6) is 0.851. The lowest BCUT2D eigenvalue weighted by Gasteiger charge is -2.07. The van der Waals surface area contributed by atoms with Crippen molar-refractivity contribution in [2.24, 2.45) is 0 Å². The van der Waals surface area contributed by atoms with Gasteiger partial charge in [-0.3, -0.25) is 4.57 Å². The zero-order chi connectivity index (χ0) is 14.4. The first-order chi connectivity index (χ1) is 10.2. The molecule has 1 aliphatic rings. The molecule has 3 heterocycles. The second-order valence-electron chi connectivity index (χ2n) is 4.53. The van der Waals surface area contributed by atoms with E-state index in [-0.39, 0.29) is 12.5 Å². The van der Waals surface area contributed by atoms with Crippen molar-refractivity contribution in [3.63, 3.8) is 0 Å². The minimum atomic E-state index is -1.08. The van der Waals surface area contributed by atoms with Gasteiger partial charge in [-0.25, -0.2) is 14.8 Å². The number of carboxylic acid groups (broad SMARTS) is 1. The number of aromatic nitrogens is 3. The molecule has 21 heavy (non-hydrogen) atoms. The molecule has 0 atom stereocenters. The summed E-state index contributed by atoms with van der Waals surface area (Å²) in [6, 6.07) is 5.56. The molecule has 0 radical (unpaired) electrons.